The van der Waals surface area contributed by atoms with Gasteiger partial charge in [0.15, 0.2) is 5.82 Å². The standard InChI is InChI=1S/C13H12N4/c1-9-7-15-17(8-9)13-5-2-10-6-11(14)3-4-12(10)16-13/h2-8H,14H2,1H3. The van der Waals surface area contributed by atoms with E-state index in [1.54, 1.807) is 4.68 Å². The Hall–Kier alpha value is -2.36. The summed E-state index contributed by atoms with van der Waals surface area (Å²) in [6, 6.07) is 9.64. The van der Waals surface area contributed by atoms with Crippen molar-refractivity contribution in [1.29, 1.82) is 0 Å². The number of hydrogen-bond donors (Lipinski definition) is 1. The van der Waals surface area contributed by atoms with Gasteiger partial charge in [0.1, 0.15) is 0 Å². The van der Waals surface area contributed by atoms with E-state index in [0.29, 0.717) is 0 Å². The first-order valence-corrected chi connectivity index (χ1v) is 5.40. The van der Waals surface area contributed by atoms with Gasteiger partial charge in [-0.25, -0.2) is 9.67 Å². The lowest BCUT2D eigenvalue weighted by Crippen LogP contribution is -1.97. The van der Waals surface area contributed by atoms with Gasteiger partial charge in [0.05, 0.1) is 11.7 Å². The smallest absolute Gasteiger partial charge is 0.154 e. The zero-order chi connectivity index (χ0) is 11.8. The van der Waals surface area contributed by atoms with Crippen LogP contribution in [0.2, 0.25) is 0 Å². The number of fused-ring (bicyclic) bond motifs is 1. The third-order valence-corrected chi connectivity index (χ3v) is 2.64. The molecule has 0 unspecified atom stereocenters. The molecule has 0 radical (unpaired) electrons. The van der Waals surface area contributed by atoms with E-state index in [-0.39, 0.29) is 0 Å². The summed E-state index contributed by atoms with van der Waals surface area (Å²) in [6.45, 7) is 2.01. The number of pyridine rings is 1. The molecule has 0 fully saturated rings. The summed E-state index contributed by atoms with van der Waals surface area (Å²) in [5.74, 6) is 0.815. The van der Waals surface area contributed by atoms with E-state index < -0.39 is 0 Å². The van der Waals surface area contributed by atoms with Crippen molar-refractivity contribution >= 4 is 16.6 Å². The van der Waals surface area contributed by atoms with Gasteiger partial charge in [-0.15, -0.1) is 0 Å². The molecule has 4 heteroatoms. The van der Waals surface area contributed by atoms with Crippen molar-refractivity contribution in [2.45, 2.75) is 6.92 Å². The number of nitrogen functional groups attached to an aromatic ring is 1. The van der Waals surface area contributed by atoms with Crippen LogP contribution >= 0.6 is 0 Å². The lowest BCUT2D eigenvalue weighted by Gasteiger charge is -2.03. The molecule has 0 aliphatic carbocycles. The first-order valence-electron chi connectivity index (χ1n) is 5.40. The number of rotatable bonds is 1. The van der Waals surface area contributed by atoms with Crippen molar-refractivity contribution in [3.05, 3.63) is 48.3 Å². The highest BCUT2D eigenvalue weighted by Gasteiger charge is 2.02. The molecule has 0 aliphatic heterocycles. The predicted molar refractivity (Wildman–Crippen MR) is 68.0 cm³/mol. The number of benzene rings is 1. The summed E-state index contributed by atoms with van der Waals surface area (Å²) in [5, 5.41) is 5.28. The van der Waals surface area contributed by atoms with Crippen molar-refractivity contribution in [2.75, 3.05) is 5.73 Å². The zero-order valence-electron chi connectivity index (χ0n) is 9.46. The van der Waals surface area contributed by atoms with E-state index in [9.17, 15) is 0 Å². The number of aryl methyl sites for hydroxylation is 1. The molecule has 84 valence electrons. The first kappa shape index (κ1) is 9.84. The molecular formula is C13H12N4. The summed E-state index contributed by atoms with van der Waals surface area (Å²) in [5.41, 5.74) is 8.52. The summed E-state index contributed by atoms with van der Waals surface area (Å²) < 4.78 is 1.77. The Kier molecular flexibility index (Phi) is 2.08. The Balaban J connectivity index is 2.16. The van der Waals surface area contributed by atoms with Crippen LogP contribution in [0.15, 0.2) is 42.7 Å². The highest BCUT2D eigenvalue weighted by Crippen LogP contribution is 2.17. The van der Waals surface area contributed by atoms with Crippen LogP contribution in [-0.4, -0.2) is 14.8 Å². The van der Waals surface area contributed by atoms with Crippen molar-refractivity contribution in [3.8, 4) is 5.82 Å². The van der Waals surface area contributed by atoms with Gasteiger partial charge in [-0.05, 0) is 42.8 Å². The predicted octanol–water partition coefficient (Wildman–Crippen LogP) is 2.31. The molecular weight excluding hydrogens is 212 g/mol. The Bertz CT molecular complexity index is 685. The Morgan fingerprint density at radius 1 is 1.18 bits per heavy atom. The molecule has 0 bridgehead atoms. The van der Waals surface area contributed by atoms with Gasteiger partial charge < -0.3 is 5.73 Å². The van der Waals surface area contributed by atoms with Crippen LogP contribution in [0.5, 0.6) is 0 Å². The molecule has 0 spiro atoms. The third kappa shape index (κ3) is 1.73. The van der Waals surface area contributed by atoms with Crippen LogP contribution in [-0.2, 0) is 0 Å². The van der Waals surface area contributed by atoms with E-state index in [4.69, 9.17) is 5.73 Å². The van der Waals surface area contributed by atoms with Gasteiger partial charge in [0.2, 0.25) is 0 Å². The largest absolute Gasteiger partial charge is 0.399 e. The minimum atomic E-state index is 0.752. The number of hydrogen-bond acceptors (Lipinski definition) is 3. The molecule has 0 aliphatic rings. The summed E-state index contributed by atoms with van der Waals surface area (Å²) in [4.78, 5) is 4.54. The lowest BCUT2D eigenvalue weighted by molar-refractivity contribution is 0.852. The molecule has 3 aromatic rings. The van der Waals surface area contributed by atoms with Gasteiger partial charge in [-0.1, -0.05) is 0 Å². The molecule has 17 heavy (non-hydrogen) atoms. The molecule has 3 rings (SSSR count). The molecule has 0 atom stereocenters. The number of nitrogens with zero attached hydrogens (tertiary/aromatic N) is 3. The van der Waals surface area contributed by atoms with E-state index in [2.05, 4.69) is 10.1 Å². The minimum Gasteiger partial charge on any atom is -0.399 e. The van der Waals surface area contributed by atoms with Crippen molar-refractivity contribution in [3.63, 3.8) is 0 Å². The molecule has 0 amide bonds. The zero-order valence-corrected chi connectivity index (χ0v) is 9.46. The molecule has 0 saturated carbocycles. The van der Waals surface area contributed by atoms with Crippen LogP contribution in [0.4, 0.5) is 5.69 Å². The third-order valence-electron chi connectivity index (χ3n) is 2.64. The molecule has 1 aromatic carbocycles. The average molecular weight is 224 g/mol. The van der Waals surface area contributed by atoms with Gasteiger partial charge in [0, 0.05) is 17.3 Å². The lowest BCUT2D eigenvalue weighted by atomic mass is 10.2. The van der Waals surface area contributed by atoms with Gasteiger partial charge in [0.25, 0.3) is 0 Å². The minimum absolute atomic E-state index is 0.752. The highest BCUT2D eigenvalue weighted by molar-refractivity contribution is 5.82. The van der Waals surface area contributed by atoms with Crippen molar-refractivity contribution in [2.24, 2.45) is 0 Å². The molecule has 2 N–H and O–H groups in total. The van der Waals surface area contributed by atoms with E-state index in [0.717, 1.165) is 28.0 Å². The Labute approximate surface area is 98.7 Å². The van der Waals surface area contributed by atoms with Gasteiger partial charge in [-0.3, -0.25) is 0 Å². The molecule has 2 aromatic heterocycles. The van der Waals surface area contributed by atoms with Crippen LogP contribution in [0.1, 0.15) is 5.56 Å². The maximum Gasteiger partial charge on any atom is 0.154 e. The number of nitrogens with two attached hydrogens (primary N) is 1. The number of anilines is 1. The maximum absolute atomic E-state index is 5.73. The van der Waals surface area contributed by atoms with Crippen LogP contribution in [0, 0.1) is 6.92 Å². The summed E-state index contributed by atoms with van der Waals surface area (Å²) in [7, 11) is 0. The van der Waals surface area contributed by atoms with Crippen molar-refractivity contribution in [1.82, 2.24) is 14.8 Å². The average Bonchev–Trinajstić information content (AvgIpc) is 2.75. The van der Waals surface area contributed by atoms with E-state index in [1.165, 1.54) is 0 Å². The first-order chi connectivity index (χ1) is 8.22. The second-order valence-corrected chi connectivity index (χ2v) is 4.08. The fourth-order valence-corrected chi connectivity index (χ4v) is 1.80. The maximum atomic E-state index is 5.73. The summed E-state index contributed by atoms with van der Waals surface area (Å²) in [6.07, 6.45) is 3.76. The fourth-order valence-electron chi connectivity index (χ4n) is 1.80. The number of aromatic nitrogens is 3. The van der Waals surface area contributed by atoms with Crippen LogP contribution in [0.25, 0.3) is 16.7 Å². The topological polar surface area (TPSA) is 56.7 Å². The van der Waals surface area contributed by atoms with Crippen molar-refractivity contribution < 1.29 is 0 Å². The SMILES string of the molecule is Cc1cnn(-c2ccc3cc(N)ccc3n2)c1. The molecule has 4 nitrogen and oxygen atoms in total. The van der Waals surface area contributed by atoms with E-state index in [1.807, 2.05) is 49.6 Å². The molecule has 2 heterocycles. The normalized spacial score (nSPS) is 10.9. The second-order valence-electron chi connectivity index (χ2n) is 4.08. The Morgan fingerprint density at radius 3 is 2.82 bits per heavy atom. The molecule has 0 saturated heterocycles. The Morgan fingerprint density at radius 2 is 2.06 bits per heavy atom. The fraction of sp³-hybridized carbons (Fsp3) is 0.0769. The van der Waals surface area contributed by atoms with Crippen LogP contribution in [0.3, 0.4) is 0 Å². The van der Waals surface area contributed by atoms with Gasteiger partial charge >= 0.3 is 0 Å². The van der Waals surface area contributed by atoms with E-state index >= 15 is 0 Å². The monoisotopic (exact) mass is 224 g/mol. The highest BCUT2D eigenvalue weighted by atomic mass is 15.3. The second kappa shape index (κ2) is 3.59. The quantitative estimate of drug-likeness (QED) is 0.645. The summed E-state index contributed by atoms with van der Waals surface area (Å²) >= 11 is 0. The van der Waals surface area contributed by atoms with Gasteiger partial charge in [-0.2, -0.15) is 5.10 Å². The van der Waals surface area contributed by atoms with Crippen LogP contribution < -0.4 is 5.73 Å².